The predicted molar refractivity (Wildman–Crippen MR) is 70.4 cm³/mol. The van der Waals surface area contributed by atoms with Gasteiger partial charge in [-0.1, -0.05) is 70.9 Å². The average molecular weight is 220 g/mol. The Morgan fingerprint density at radius 3 is 1.40 bits per heavy atom. The molecule has 0 bridgehead atoms. The van der Waals surface area contributed by atoms with Crippen LogP contribution in [0.5, 0.6) is 0 Å². The van der Waals surface area contributed by atoms with E-state index in [0.29, 0.717) is 0 Å². The molecule has 1 rings (SSSR count). The second-order valence-electron chi connectivity index (χ2n) is 6.20. The normalized spacial score (nSPS) is 13.0. The van der Waals surface area contributed by atoms with E-state index in [0.717, 1.165) is 5.30 Å². The highest BCUT2D eigenvalue weighted by Crippen LogP contribution is 2.28. The summed E-state index contributed by atoms with van der Waals surface area (Å²) in [6.45, 7) is 13.4. The molecule has 0 saturated heterocycles. The van der Waals surface area contributed by atoms with Crippen molar-refractivity contribution >= 4 is 14.5 Å². The molecule has 0 aliphatic carbocycles. The molecule has 84 valence electrons. The van der Waals surface area contributed by atoms with Crippen LogP contribution >= 0.6 is 9.24 Å². The van der Waals surface area contributed by atoms with Crippen molar-refractivity contribution in [3.05, 3.63) is 29.3 Å². The molecule has 0 N–H and O–H groups in total. The molecule has 0 nitrogen and oxygen atoms in total. The fourth-order valence-electron chi connectivity index (χ4n) is 1.75. The van der Waals surface area contributed by atoms with Gasteiger partial charge >= 0.3 is 0 Å². The molecule has 0 amide bonds. The van der Waals surface area contributed by atoms with Crippen LogP contribution in [0.3, 0.4) is 0 Å². The SMILES string of the molecule is CC(C)(C)c1cccc(C(C)(C)C)c1[P-2]. The van der Waals surface area contributed by atoms with Crippen LogP contribution in [0.25, 0.3) is 0 Å². The fourth-order valence-corrected chi connectivity index (χ4v) is 2.57. The summed E-state index contributed by atoms with van der Waals surface area (Å²) in [5, 5.41) is 1.15. The Hall–Kier alpha value is -0.350. The molecule has 0 aliphatic heterocycles. The summed E-state index contributed by atoms with van der Waals surface area (Å²) in [5.74, 6) is 0. The summed E-state index contributed by atoms with van der Waals surface area (Å²) in [4.78, 5) is 0. The molecule has 1 aromatic carbocycles. The van der Waals surface area contributed by atoms with Crippen molar-refractivity contribution in [3.8, 4) is 0 Å². The number of benzene rings is 1. The van der Waals surface area contributed by atoms with E-state index in [1.807, 2.05) is 0 Å². The highest BCUT2D eigenvalue weighted by atomic mass is 31.0. The summed E-state index contributed by atoms with van der Waals surface area (Å²) in [5.41, 5.74) is 2.99. The highest BCUT2D eigenvalue weighted by Gasteiger charge is 2.16. The molecule has 0 aromatic heterocycles. The first-order valence-corrected chi connectivity index (χ1v) is 5.91. The molecule has 1 heteroatoms. The van der Waals surface area contributed by atoms with Crippen LogP contribution in [-0.4, -0.2) is 0 Å². The van der Waals surface area contributed by atoms with Gasteiger partial charge in [-0.05, 0) is 10.8 Å². The third-order valence-corrected chi connectivity index (χ3v) is 3.13. The lowest BCUT2D eigenvalue weighted by atomic mass is 9.80. The fraction of sp³-hybridized carbons (Fsp3) is 0.571. The van der Waals surface area contributed by atoms with Crippen molar-refractivity contribution in [3.63, 3.8) is 0 Å². The van der Waals surface area contributed by atoms with E-state index in [4.69, 9.17) is 9.24 Å². The number of hydrogen-bond donors (Lipinski definition) is 0. The zero-order valence-electron chi connectivity index (χ0n) is 10.7. The van der Waals surface area contributed by atoms with E-state index < -0.39 is 0 Å². The molecule has 0 aliphatic rings. The van der Waals surface area contributed by atoms with Gasteiger partial charge in [0.05, 0.1) is 0 Å². The second kappa shape index (κ2) is 3.91. The van der Waals surface area contributed by atoms with Crippen LogP contribution in [0.1, 0.15) is 52.7 Å². The van der Waals surface area contributed by atoms with E-state index in [9.17, 15) is 0 Å². The number of hydrogen-bond acceptors (Lipinski definition) is 0. The van der Waals surface area contributed by atoms with Crippen molar-refractivity contribution in [1.29, 1.82) is 0 Å². The Labute approximate surface area is 96.7 Å². The molecule has 0 unspecified atom stereocenters. The topological polar surface area (TPSA) is 0 Å². The van der Waals surface area contributed by atoms with Crippen molar-refractivity contribution in [2.24, 2.45) is 0 Å². The van der Waals surface area contributed by atoms with E-state index in [-0.39, 0.29) is 10.8 Å². The van der Waals surface area contributed by atoms with Crippen LogP contribution in [-0.2, 0) is 10.8 Å². The maximum absolute atomic E-state index is 4.70. The van der Waals surface area contributed by atoms with Crippen molar-refractivity contribution < 1.29 is 0 Å². The van der Waals surface area contributed by atoms with Gasteiger partial charge in [0.15, 0.2) is 0 Å². The highest BCUT2D eigenvalue weighted by molar-refractivity contribution is 7.27. The van der Waals surface area contributed by atoms with Gasteiger partial charge in [0.25, 0.3) is 0 Å². The van der Waals surface area contributed by atoms with Crippen molar-refractivity contribution in [2.45, 2.75) is 52.4 Å². The van der Waals surface area contributed by atoms with Gasteiger partial charge in [0.1, 0.15) is 0 Å². The molecular formula is C14H21P-2. The summed E-state index contributed by atoms with van der Waals surface area (Å²) in [7, 11) is 4.70. The van der Waals surface area contributed by atoms with E-state index in [2.05, 4.69) is 59.7 Å². The lowest BCUT2D eigenvalue weighted by Crippen LogP contribution is -2.26. The Balaban J connectivity index is 3.37. The number of rotatable bonds is 0. The summed E-state index contributed by atoms with van der Waals surface area (Å²) >= 11 is 0. The van der Waals surface area contributed by atoms with E-state index >= 15 is 0 Å². The van der Waals surface area contributed by atoms with Gasteiger partial charge in [-0.3, -0.25) is 0 Å². The Morgan fingerprint density at radius 2 is 1.13 bits per heavy atom. The Kier molecular flexibility index (Phi) is 3.31. The van der Waals surface area contributed by atoms with Crippen molar-refractivity contribution in [1.82, 2.24) is 0 Å². The maximum Gasteiger partial charge on any atom is -0.0175 e. The minimum Gasteiger partial charge on any atom is -1.45 e. The van der Waals surface area contributed by atoms with Gasteiger partial charge in [0.2, 0.25) is 0 Å². The standard InChI is InChI=1S/C14H21P/c1-13(2,3)10-8-7-9-11(12(10)15)14(4,5)6/h7-9H,1-6H3/q-2. The smallest absolute Gasteiger partial charge is 0.0175 e. The van der Waals surface area contributed by atoms with Crippen LogP contribution in [0, 0.1) is 0 Å². The minimum atomic E-state index is 0.165. The molecule has 0 radical (unpaired) electrons. The molecule has 0 spiro atoms. The summed E-state index contributed by atoms with van der Waals surface area (Å²) < 4.78 is 0. The van der Waals surface area contributed by atoms with Gasteiger partial charge in [-0.2, -0.15) is 0 Å². The first-order chi connectivity index (χ1) is 6.64. The maximum atomic E-state index is 4.70. The quantitative estimate of drug-likeness (QED) is 0.571. The molecule has 0 atom stereocenters. The van der Waals surface area contributed by atoms with Gasteiger partial charge < -0.3 is 14.5 Å². The molecule has 0 saturated carbocycles. The molecular weight excluding hydrogens is 199 g/mol. The van der Waals surface area contributed by atoms with Crippen LogP contribution in [0.4, 0.5) is 0 Å². The van der Waals surface area contributed by atoms with Crippen molar-refractivity contribution in [2.75, 3.05) is 0 Å². The van der Waals surface area contributed by atoms with E-state index in [1.165, 1.54) is 11.1 Å². The van der Waals surface area contributed by atoms with Crippen LogP contribution in [0.2, 0.25) is 0 Å². The molecule has 0 fully saturated rings. The second-order valence-corrected chi connectivity index (χ2v) is 6.65. The third-order valence-electron chi connectivity index (χ3n) is 2.65. The Bertz CT molecular complexity index is 318. The lowest BCUT2D eigenvalue weighted by molar-refractivity contribution is 0.576. The molecule has 1 aromatic rings. The zero-order valence-corrected chi connectivity index (χ0v) is 11.6. The first kappa shape index (κ1) is 12.7. The van der Waals surface area contributed by atoms with Crippen LogP contribution in [0.15, 0.2) is 18.2 Å². The third kappa shape index (κ3) is 2.82. The largest absolute Gasteiger partial charge is 1.45 e. The monoisotopic (exact) mass is 220 g/mol. The minimum absolute atomic E-state index is 0.165. The summed E-state index contributed by atoms with van der Waals surface area (Å²) in [6, 6.07) is 6.50. The lowest BCUT2D eigenvalue weighted by Gasteiger charge is -2.48. The van der Waals surface area contributed by atoms with Gasteiger partial charge in [0, 0.05) is 0 Å². The van der Waals surface area contributed by atoms with E-state index in [1.54, 1.807) is 0 Å². The average Bonchev–Trinajstić information content (AvgIpc) is 1.99. The van der Waals surface area contributed by atoms with Gasteiger partial charge in [-0.15, -0.1) is 0 Å². The molecule has 15 heavy (non-hydrogen) atoms. The predicted octanol–water partition coefficient (Wildman–Crippen LogP) is 4.32. The van der Waals surface area contributed by atoms with Crippen LogP contribution < -0.4 is 5.30 Å². The Morgan fingerprint density at radius 1 is 0.800 bits per heavy atom. The summed E-state index contributed by atoms with van der Waals surface area (Å²) in [6.07, 6.45) is 0. The zero-order chi connectivity index (χ0) is 11.9. The molecule has 0 heterocycles. The first-order valence-electron chi connectivity index (χ1n) is 5.47. The van der Waals surface area contributed by atoms with Gasteiger partial charge in [-0.25, -0.2) is 0 Å².